The largest absolute Gasteiger partial charge is 0.497 e. The maximum Gasteiger partial charge on any atom is 0.257 e. The molecule has 0 bridgehead atoms. The van der Waals surface area contributed by atoms with Crippen LogP contribution in [0.15, 0.2) is 24.3 Å². The van der Waals surface area contributed by atoms with Gasteiger partial charge in [0.15, 0.2) is 5.78 Å². The summed E-state index contributed by atoms with van der Waals surface area (Å²) in [7, 11) is 1.59. The van der Waals surface area contributed by atoms with Gasteiger partial charge in [-0.1, -0.05) is 0 Å². The molecule has 110 valence electrons. The molecule has 0 unspecified atom stereocenters. The van der Waals surface area contributed by atoms with Crippen molar-refractivity contribution in [3.63, 3.8) is 0 Å². The highest BCUT2D eigenvalue weighted by atomic mass is 16.5. The summed E-state index contributed by atoms with van der Waals surface area (Å²) in [6.45, 7) is 5.02. The summed E-state index contributed by atoms with van der Waals surface area (Å²) >= 11 is 0. The summed E-state index contributed by atoms with van der Waals surface area (Å²) in [5.74, 6) is 0.402. The average Bonchev–Trinajstić information content (AvgIpc) is 2.75. The average molecular weight is 286 g/mol. The maximum absolute atomic E-state index is 12.4. The number of anilines is 1. The number of rotatable bonds is 4. The zero-order valence-electron chi connectivity index (χ0n) is 12.5. The molecule has 1 amide bonds. The van der Waals surface area contributed by atoms with Gasteiger partial charge < -0.3 is 15.0 Å². The van der Waals surface area contributed by atoms with Crippen LogP contribution in [-0.2, 0) is 0 Å². The number of methoxy groups -OCH3 is 1. The van der Waals surface area contributed by atoms with E-state index in [2.05, 4.69) is 10.3 Å². The van der Waals surface area contributed by atoms with Gasteiger partial charge in [0, 0.05) is 18.3 Å². The van der Waals surface area contributed by atoms with Crippen molar-refractivity contribution in [3.8, 4) is 5.75 Å². The van der Waals surface area contributed by atoms with Gasteiger partial charge in [-0.25, -0.2) is 0 Å². The second-order valence-corrected chi connectivity index (χ2v) is 4.86. The number of nitrogens with one attached hydrogen (secondary N) is 2. The fraction of sp³-hybridized carbons (Fsp3) is 0.250. The van der Waals surface area contributed by atoms with Crippen LogP contribution in [0.5, 0.6) is 5.75 Å². The minimum absolute atomic E-state index is 0.0842. The lowest BCUT2D eigenvalue weighted by molar-refractivity contribution is 0.101. The third kappa shape index (κ3) is 2.97. The van der Waals surface area contributed by atoms with Gasteiger partial charge in [-0.3, -0.25) is 9.59 Å². The third-order valence-electron chi connectivity index (χ3n) is 3.36. The minimum Gasteiger partial charge on any atom is -0.497 e. The molecule has 0 atom stereocenters. The fourth-order valence-corrected chi connectivity index (χ4v) is 2.31. The number of aromatic amines is 1. The molecule has 1 aromatic carbocycles. The normalized spacial score (nSPS) is 10.3. The summed E-state index contributed by atoms with van der Waals surface area (Å²) in [6, 6.07) is 7.07. The predicted molar refractivity (Wildman–Crippen MR) is 81.2 cm³/mol. The lowest BCUT2D eigenvalue weighted by Crippen LogP contribution is -2.13. The number of aryl methyl sites for hydroxylation is 1. The molecule has 21 heavy (non-hydrogen) atoms. The summed E-state index contributed by atoms with van der Waals surface area (Å²) in [5.41, 5.74) is 3.02. The monoisotopic (exact) mass is 286 g/mol. The van der Waals surface area contributed by atoms with E-state index in [1.54, 1.807) is 45.2 Å². The smallest absolute Gasteiger partial charge is 0.257 e. The lowest BCUT2D eigenvalue weighted by Gasteiger charge is -2.07. The molecule has 0 aliphatic rings. The number of ketones is 1. The van der Waals surface area contributed by atoms with Gasteiger partial charge in [0.1, 0.15) is 5.75 Å². The molecular weight excluding hydrogens is 268 g/mol. The van der Waals surface area contributed by atoms with E-state index in [0.717, 1.165) is 5.75 Å². The Hall–Kier alpha value is -2.56. The molecule has 2 rings (SSSR count). The van der Waals surface area contributed by atoms with Crippen LogP contribution in [0.2, 0.25) is 0 Å². The Labute approximate surface area is 123 Å². The Morgan fingerprint density at radius 1 is 1.14 bits per heavy atom. The van der Waals surface area contributed by atoms with Crippen LogP contribution in [0.25, 0.3) is 0 Å². The van der Waals surface area contributed by atoms with Crippen LogP contribution in [-0.4, -0.2) is 23.8 Å². The first-order valence-corrected chi connectivity index (χ1v) is 6.59. The van der Waals surface area contributed by atoms with E-state index < -0.39 is 0 Å². The topological polar surface area (TPSA) is 71.2 Å². The Kier molecular flexibility index (Phi) is 4.12. The Morgan fingerprint density at radius 2 is 1.76 bits per heavy atom. The van der Waals surface area contributed by atoms with E-state index in [0.29, 0.717) is 28.2 Å². The molecule has 2 aromatic rings. The number of Topliss-reactive ketones (excluding diaryl/α,β-unsaturated/α-hetero) is 1. The van der Waals surface area contributed by atoms with E-state index in [-0.39, 0.29) is 11.7 Å². The molecule has 5 heteroatoms. The van der Waals surface area contributed by atoms with Crippen LogP contribution in [0.1, 0.15) is 39.0 Å². The number of amides is 1. The number of H-pyrrole nitrogens is 1. The van der Waals surface area contributed by atoms with Crippen LogP contribution in [0, 0.1) is 13.8 Å². The van der Waals surface area contributed by atoms with Crippen LogP contribution in [0.3, 0.4) is 0 Å². The number of carbonyl (C=O) groups excluding carboxylic acids is 2. The highest BCUT2D eigenvalue weighted by Gasteiger charge is 2.20. The van der Waals surface area contributed by atoms with Gasteiger partial charge >= 0.3 is 0 Å². The number of benzene rings is 1. The zero-order valence-corrected chi connectivity index (χ0v) is 12.5. The fourth-order valence-electron chi connectivity index (χ4n) is 2.31. The van der Waals surface area contributed by atoms with Crippen molar-refractivity contribution in [2.75, 3.05) is 12.4 Å². The van der Waals surface area contributed by atoms with Crippen molar-refractivity contribution in [1.82, 2.24) is 4.98 Å². The quantitative estimate of drug-likeness (QED) is 0.848. The maximum atomic E-state index is 12.4. The Morgan fingerprint density at radius 3 is 2.24 bits per heavy atom. The number of ether oxygens (including phenoxy) is 1. The first kappa shape index (κ1) is 14.8. The SMILES string of the molecule is COc1ccc(NC(=O)c2c(C)[nH]c(C(C)=O)c2C)cc1. The van der Waals surface area contributed by atoms with E-state index in [1.807, 2.05) is 0 Å². The second-order valence-electron chi connectivity index (χ2n) is 4.86. The number of aromatic nitrogens is 1. The van der Waals surface area contributed by atoms with E-state index in [9.17, 15) is 9.59 Å². The summed E-state index contributed by atoms with van der Waals surface area (Å²) in [5, 5.41) is 2.82. The molecule has 1 heterocycles. The van der Waals surface area contributed by atoms with E-state index in [1.165, 1.54) is 6.92 Å². The van der Waals surface area contributed by atoms with E-state index >= 15 is 0 Å². The summed E-state index contributed by atoms with van der Waals surface area (Å²) in [6.07, 6.45) is 0. The molecule has 2 N–H and O–H groups in total. The minimum atomic E-state index is -0.237. The van der Waals surface area contributed by atoms with Gasteiger partial charge in [0.25, 0.3) is 5.91 Å². The standard InChI is InChI=1S/C16H18N2O3/c1-9-14(10(2)17-15(9)11(3)19)16(20)18-12-5-7-13(21-4)8-6-12/h5-8,17H,1-4H3,(H,18,20). The molecular formula is C16H18N2O3. The third-order valence-corrected chi connectivity index (χ3v) is 3.36. The van der Waals surface area contributed by atoms with Gasteiger partial charge in [-0.05, 0) is 43.7 Å². The van der Waals surface area contributed by atoms with Crippen molar-refractivity contribution in [3.05, 3.63) is 46.8 Å². The highest BCUT2D eigenvalue weighted by molar-refractivity contribution is 6.08. The molecule has 0 saturated heterocycles. The summed E-state index contributed by atoms with van der Waals surface area (Å²) < 4.78 is 5.07. The van der Waals surface area contributed by atoms with Gasteiger partial charge in [-0.2, -0.15) is 0 Å². The second kappa shape index (κ2) is 5.83. The molecule has 0 saturated carbocycles. The van der Waals surface area contributed by atoms with Crippen LogP contribution >= 0.6 is 0 Å². The molecule has 0 spiro atoms. The highest BCUT2D eigenvalue weighted by Crippen LogP contribution is 2.21. The first-order chi connectivity index (χ1) is 9.93. The predicted octanol–water partition coefficient (Wildman–Crippen LogP) is 3.10. The molecule has 0 radical (unpaired) electrons. The van der Waals surface area contributed by atoms with Gasteiger partial charge in [-0.15, -0.1) is 0 Å². The number of hydrogen-bond acceptors (Lipinski definition) is 3. The van der Waals surface area contributed by atoms with Crippen molar-refractivity contribution in [2.45, 2.75) is 20.8 Å². The first-order valence-electron chi connectivity index (χ1n) is 6.59. The molecule has 0 fully saturated rings. The van der Waals surface area contributed by atoms with Crippen molar-refractivity contribution in [2.24, 2.45) is 0 Å². The van der Waals surface area contributed by atoms with E-state index in [4.69, 9.17) is 4.74 Å². The van der Waals surface area contributed by atoms with Crippen LogP contribution in [0.4, 0.5) is 5.69 Å². The Balaban J connectivity index is 2.26. The van der Waals surface area contributed by atoms with Gasteiger partial charge in [0.05, 0.1) is 18.4 Å². The number of hydrogen-bond donors (Lipinski definition) is 2. The van der Waals surface area contributed by atoms with Gasteiger partial charge in [0.2, 0.25) is 0 Å². The number of carbonyl (C=O) groups is 2. The molecule has 0 aliphatic carbocycles. The van der Waals surface area contributed by atoms with Crippen molar-refractivity contribution < 1.29 is 14.3 Å². The van der Waals surface area contributed by atoms with Crippen LogP contribution < -0.4 is 10.1 Å². The molecule has 5 nitrogen and oxygen atoms in total. The Bertz CT molecular complexity index is 684. The van der Waals surface area contributed by atoms with Crippen molar-refractivity contribution in [1.29, 1.82) is 0 Å². The van der Waals surface area contributed by atoms with Crippen molar-refractivity contribution >= 4 is 17.4 Å². The summed E-state index contributed by atoms with van der Waals surface area (Å²) in [4.78, 5) is 26.8. The molecule has 1 aromatic heterocycles. The lowest BCUT2D eigenvalue weighted by atomic mass is 10.1. The molecule has 0 aliphatic heterocycles. The zero-order chi connectivity index (χ0) is 15.6.